The summed E-state index contributed by atoms with van der Waals surface area (Å²) in [6.07, 6.45) is 1.49. The summed E-state index contributed by atoms with van der Waals surface area (Å²) in [5.74, 6) is -0.724. The quantitative estimate of drug-likeness (QED) is 0.478. The van der Waals surface area contributed by atoms with E-state index in [0.29, 0.717) is 29.7 Å². The molecule has 0 spiro atoms. The van der Waals surface area contributed by atoms with Gasteiger partial charge in [0.15, 0.2) is 8.32 Å². The molecular weight excluding hydrogens is 268 g/mol. The topological polar surface area (TPSA) is 46.5 Å². The van der Waals surface area contributed by atoms with Gasteiger partial charge < -0.3 is 9.53 Å². The maximum absolute atomic E-state index is 11.1. The molecule has 0 aliphatic rings. The Balaban J connectivity index is 4.62. The van der Waals surface area contributed by atoms with Gasteiger partial charge >= 0.3 is 5.97 Å². The fourth-order valence-electron chi connectivity index (χ4n) is 3.37. The van der Waals surface area contributed by atoms with E-state index in [1.54, 1.807) is 13.8 Å². The highest BCUT2D eigenvalue weighted by molar-refractivity contribution is 6.77. The van der Waals surface area contributed by atoms with E-state index in [-0.39, 0.29) is 0 Å². The Labute approximate surface area is 126 Å². The molecule has 0 saturated heterocycles. The third-order valence-electron chi connectivity index (χ3n) is 4.58. The molecule has 0 aromatic rings. The van der Waals surface area contributed by atoms with E-state index in [9.17, 15) is 4.79 Å². The lowest BCUT2D eigenvalue weighted by Crippen LogP contribution is -2.48. The van der Waals surface area contributed by atoms with Crippen LogP contribution >= 0.6 is 0 Å². The van der Waals surface area contributed by atoms with Gasteiger partial charge in [-0.2, -0.15) is 0 Å². The largest absolute Gasteiger partial charge is 0.481 e. The molecule has 0 bridgehead atoms. The number of carboxylic acids is 1. The number of hydrogen-bond donors (Lipinski definition) is 1. The normalized spacial score (nSPS) is 13.6. The van der Waals surface area contributed by atoms with Crippen LogP contribution < -0.4 is 0 Å². The van der Waals surface area contributed by atoms with Gasteiger partial charge in [0.25, 0.3) is 0 Å². The average Bonchev–Trinajstić information content (AvgIpc) is 2.26. The zero-order chi connectivity index (χ0) is 16.1. The molecule has 0 unspecified atom stereocenters. The van der Waals surface area contributed by atoms with Crippen molar-refractivity contribution in [2.75, 3.05) is 6.61 Å². The molecule has 4 heteroatoms. The molecule has 0 rings (SSSR count). The summed E-state index contributed by atoms with van der Waals surface area (Å²) in [6, 6.07) is 0. The third kappa shape index (κ3) is 4.59. The summed E-state index contributed by atoms with van der Waals surface area (Å²) in [4.78, 5) is 11.1. The lowest BCUT2D eigenvalue weighted by Gasteiger charge is -2.42. The van der Waals surface area contributed by atoms with E-state index in [1.807, 2.05) is 0 Å². The van der Waals surface area contributed by atoms with E-state index >= 15 is 0 Å². The SMILES string of the molecule is CC(C)[Si](OCCCC(C)(C)C(=O)O)(C(C)C)C(C)C. The number of carbonyl (C=O) groups is 1. The molecular formula is C16H34O3Si. The van der Waals surface area contributed by atoms with E-state index in [1.165, 1.54) is 0 Å². The van der Waals surface area contributed by atoms with Crippen molar-refractivity contribution >= 4 is 14.3 Å². The molecule has 0 saturated carbocycles. The van der Waals surface area contributed by atoms with Crippen molar-refractivity contribution in [3.63, 3.8) is 0 Å². The first-order chi connectivity index (χ1) is 8.98. The van der Waals surface area contributed by atoms with Gasteiger partial charge in [0.05, 0.1) is 5.41 Å². The van der Waals surface area contributed by atoms with Crippen LogP contribution in [0.5, 0.6) is 0 Å². The van der Waals surface area contributed by atoms with Crippen LogP contribution in [0, 0.1) is 5.41 Å². The van der Waals surface area contributed by atoms with Gasteiger partial charge in [0.1, 0.15) is 0 Å². The fraction of sp³-hybridized carbons (Fsp3) is 0.938. The van der Waals surface area contributed by atoms with Gasteiger partial charge in [0.2, 0.25) is 0 Å². The molecule has 0 aromatic heterocycles. The Hall–Kier alpha value is -0.353. The Morgan fingerprint density at radius 3 is 1.75 bits per heavy atom. The van der Waals surface area contributed by atoms with E-state index in [0.717, 1.165) is 6.42 Å². The van der Waals surface area contributed by atoms with Crippen molar-refractivity contribution < 1.29 is 14.3 Å². The van der Waals surface area contributed by atoms with Crippen molar-refractivity contribution in [2.24, 2.45) is 5.41 Å². The second kappa shape index (κ2) is 7.60. The summed E-state index contributed by atoms with van der Waals surface area (Å²) < 4.78 is 6.44. The predicted molar refractivity (Wildman–Crippen MR) is 87.7 cm³/mol. The van der Waals surface area contributed by atoms with Gasteiger partial charge in [-0.05, 0) is 43.3 Å². The maximum Gasteiger partial charge on any atom is 0.309 e. The van der Waals surface area contributed by atoms with Crippen LogP contribution in [0.4, 0.5) is 0 Å². The van der Waals surface area contributed by atoms with Crippen molar-refractivity contribution in [1.82, 2.24) is 0 Å². The van der Waals surface area contributed by atoms with Gasteiger partial charge in [-0.25, -0.2) is 0 Å². The van der Waals surface area contributed by atoms with Crippen LogP contribution in [-0.4, -0.2) is 26.0 Å². The molecule has 0 aliphatic carbocycles. The monoisotopic (exact) mass is 302 g/mol. The Bertz CT molecular complexity index is 287. The van der Waals surface area contributed by atoms with Crippen molar-refractivity contribution in [3.8, 4) is 0 Å². The number of rotatable bonds is 9. The molecule has 3 nitrogen and oxygen atoms in total. The minimum Gasteiger partial charge on any atom is -0.481 e. The lowest BCUT2D eigenvalue weighted by atomic mass is 9.88. The molecule has 0 aliphatic heterocycles. The maximum atomic E-state index is 11.1. The molecule has 1 N–H and O–H groups in total. The second-order valence-electron chi connectivity index (χ2n) is 7.46. The number of aliphatic carboxylic acids is 1. The summed E-state index contributed by atoms with van der Waals surface area (Å²) in [5, 5.41) is 9.13. The summed E-state index contributed by atoms with van der Waals surface area (Å²) in [5.41, 5.74) is 1.08. The van der Waals surface area contributed by atoms with E-state index in [4.69, 9.17) is 9.53 Å². The van der Waals surface area contributed by atoms with E-state index < -0.39 is 19.7 Å². The Kier molecular flexibility index (Phi) is 7.46. The molecule has 20 heavy (non-hydrogen) atoms. The summed E-state index contributed by atoms with van der Waals surface area (Å²) >= 11 is 0. The molecule has 0 radical (unpaired) electrons. The minimum atomic E-state index is -1.80. The van der Waals surface area contributed by atoms with Gasteiger partial charge in [-0.3, -0.25) is 4.79 Å². The highest BCUT2D eigenvalue weighted by Crippen LogP contribution is 2.42. The van der Waals surface area contributed by atoms with E-state index in [2.05, 4.69) is 41.5 Å². The molecule has 0 heterocycles. The van der Waals surface area contributed by atoms with Crippen LogP contribution in [0.2, 0.25) is 16.6 Å². The van der Waals surface area contributed by atoms with Gasteiger partial charge in [-0.15, -0.1) is 0 Å². The predicted octanol–water partition coefficient (Wildman–Crippen LogP) is 5.07. The van der Waals surface area contributed by atoms with Crippen molar-refractivity contribution in [1.29, 1.82) is 0 Å². The molecule has 0 aromatic carbocycles. The fourth-order valence-corrected chi connectivity index (χ4v) is 8.87. The van der Waals surface area contributed by atoms with Crippen LogP contribution in [0.15, 0.2) is 0 Å². The Morgan fingerprint density at radius 2 is 1.45 bits per heavy atom. The first-order valence-corrected chi connectivity index (χ1v) is 9.99. The molecule has 120 valence electrons. The first kappa shape index (κ1) is 19.6. The standard InChI is InChI=1S/C16H34O3Si/c1-12(2)20(13(3)4,14(5)6)19-11-9-10-16(7,8)15(17)18/h12-14H,9-11H2,1-8H3,(H,17,18). The van der Waals surface area contributed by atoms with Crippen LogP contribution in [0.3, 0.4) is 0 Å². The van der Waals surface area contributed by atoms with Gasteiger partial charge in [-0.1, -0.05) is 41.5 Å². The average molecular weight is 303 g/mol. The van der Waals surface area contributed by atoms with Gasteiger partial charge in [0, 0.05) is 6.61 Å². The minimum absolute atomic E-state index is 0.579. The molecule has 0 fully saturated rings. The lowest BCUT2D eigenvalue weighted by molar-refractivity contribution is -0.147. The van der Waals surface area contributed by atoms with Crippen LogP contribution in [0.1, 0.15) is 68.2 Å². The van der Waals surface area contributed by atoms with Crippen molar-refractivity contribution in [2.45, 2.75) is 84.9 Å². The Morgan fingerprint density at radius 1 is 1.05 bits per heavy atom. The zero-order valence-corrected chi connectivity index (χ0v) is 15.6. The number of carboxylic acid groups (broad SMARTS) is 1. The molecule has 0 amide bonds. The highest BCUT2D eigenvalue weighted by Gasteiger charge is 2.44. The molecule has 0 atom stereocenters. The second-order valence-corrected chi connectivity index (χ2v) is 12.9. The third-order valence-corrected chi connectivity index (χ3v) is 10.7. The summed E-state index contributed by atoms with van der Waals surface area (Å²) in [6.45, 7) is 17.9. The van der Waals surface area contributed by atoms with Crippen LogP contribution in [-0.2, 0) is 9.22 Å². The first-order valence-electron chi connectivity index (χ1n) is 7.85. The van der Waals surface area contributed by atoms with Crippen LogP contribution in [0.25, 0.3) is 0 Å². The van der Waals surface area contributed by atoms with Crippen molar-refractivity contribution in [3.05, 3.63) is 0 Å². The summed E-state index contributed by atoms with van der Waals surface area (Å²) in [7, 11) is -1.80. The number of hydrogen-bond acceptors (Lipinski definition) is 2. The smallest absolute Gasteiger partial charge is 0.309 e. The highest BCUT2D eigenvalue weighted by atomic mass is 28.4. The zero-order valence-electron chi connectivity index (χ0n) is 14.6.